The average Bonchev–Trinajstić information content (AvgIpc) is 2.97. The molecule has 3 rings (SSSR count). The fourth-order valence-electron chi connectivity index (χ4n) is 2.05. The third-order valence-electron chi connectivity index (χ3n) is 3.12. The summed E-state index contributed by atoms with van der Waals surface area (Å²) in [6, 6.07) is 18.9. The van der Waals surface area contributed by atoms with Crippen LogP contribution >= 0.6 is 0 Å². The molecule has 0 aliphatic rings. The Labute approximate surface area is 121 Å². The summed E-state index contributed by atoms with van der Waals surface area (Å²) < 4.78 is 0. The molecular formula is C17H10N4. The van der Waals surface area contributed by atoms with Gasteiger partial charge in [0.2, 0.25) is 0 Å². The number of nitriles is 2. The first-order valence-corrected chi connectivity index (χ1v) is 6.37. The van der Waals surface area contributed by atoms with Crippen LogP contribution in [0.1, 0.15) is 17.0 Å². The molecule has 4 nitrogen and oxygen atoms in total. The van der Waals surface area contributed by atoms with Crippen LogP contribution in [-0.2, 0) is 0 Å². The number of nitrogens with one attached hydrogen (secondary N) is 1. The number of nitrogens with zero attached hydrogens (tertiary/aromatic N) is 3. The monoisotopic (exact) mass is 270 g/mol. The van der Waals surface area contributed by atoms with Crippen LogP contribution < -0.4 is 0 Å². The zero-order chi connectivity index (χ0) is 14.7. The number of rotatable bonds is 2. The Kier molecular flexibility index (Phi) is 3.21. The summed E-state index contributed by atoms with van der Waals surface area (Å²) in [4.78, 5) is 7.55. The zero-order valence-electron chi connectivity index (χ0n) is 11.0. The van der Waals surface area contributed by atoms with Crippen LogP contribution in [0.4, 0.5) is 0 Å². The van der Waals surface area contributed by atoms with Crippen LogP contribution in [0.15, 0.2) is 48.5 Å². The lowest BCUT2D eigenvalue weighted by atomic mass is 10.1. The van der Waals surface area contributed by atoms with Crippen molar-refractivity contribution < 1.29 is 0 Å². The van der Waals surface area contributed by atoms with E-state index in [1.165, 1.54) is 0 Å². The Hall–Kier alpha value is -3.37. The van der Waals surface area contributed by atoms with E-state index in [1.54, 1.807) is 30.3 Å². The van der Waals surface area contributed by atoms with Gasteiger partial charge in [-0.05, 0) is 35.9 Å². The quantitative estimate of drug-likeness (QED) is 0.724. The molecule has 0 unspecified atom stereocenters. The van der Waals surface area contributed by atoms with Gasteiger partial charge in [-0.25, -0.2) is 4.98 Å². The minimum absolute atomic E-state index is 0.455. The predicted molar refractivity (Wildman–Crippen MR) is 80.7 cm³/mol. The smallest absolute Gasteiger partial charge is 0.149 e. The van der Waals surface area contributed by atoms with E-state index in [-0.39, 0.29) is 0 Å². The van der Waals surface area contributed by atoms with Gasteiger partial charge in [-0.3, -0.25) is 0 Å². The number of imidazole rings is 1. The fraction of sp³-hybridized carbons (Fsp3) is 0. The third kappa shape index (κ3) is 2.51. The van der Waals surface area contributed by atoms with Gasteiger partial charge < -0.3 is 4.98 Å². The van der Waals surface area contributed by atoms with Crippen LogP contribution in [0.25, 0.3) is 22.7 Å². The SMILES string of the molecule is N#C/C(=C\c1ccc(C#N)cc1)c1nc2ccccc2[nH]1. The Bertz CT molecular complexity index is 869. The van der Waals surface area contributed by atoms with Gasteiger partial charge in [-0.2, -0.15) is 10.5 Å². The molecule has 0 bridgehead atoms. The molecule has 98 valence electrons. The highest BCUT2D eigenvalue weighted by atomic mass is 14.9. The van der Waals surface area contributed by atoms with Crippen molar-refractivity contribution in [3.05, 3.63) is 65.5 Å². The summed E-state index contributed by atoms with van der Waals surface area (Å²) in [7, 11) is 0. The van der Waals surface area contributed by atoms with E-state index < -0.39 is 0 Å². The van der Waals surface area contributed by atoms with Gasteiger partial charge in [0.1, 0.15) is 11.9 Å². The molecule has 0 fully saturated rings. The maximum atomic E-state index is 9.34. The number of H-pyrrole nitrogens is 1. The van der Waals surface area contributed by atoms with Crippen molar-refractivity contribution in [2.45, 2.75) is 0 Å². The van der Waals surface area contributed by atoms with Gasteiger partial charge in [-0.15, -0.1) is 0 Å². The van der Waals surface area contributed by atoms with Crippen molar-refractivity contribution in [2.75, 3.05) is 0 Å². The number of hydrogen-bond donors (Lipinski definition) is 1. The Balaban J connectivity index is 2.02. The Morgan fingerprint density at radius 3 is 2.48 bits per heavy atom. The number of fused-ring (bicyclic) bond motifs is 1. The van der Waals surface area contributed by atoms with E-state index in [9.17, 15) is 5.26 Å². The molecule has 0 aliphatic carbocycles. The number of hydrogen-bond acceptors (Lipinski definition) is 3. The molecule has 0 aliphatic heterocycles. The predicted octanol–water partition coefficient (Wildman–Crippen LogP) is 3.50. The molecule has 0 amide bonds. The van der Waals surface area contributed by atoms with Crippen molar-refractivity contribution in [3.63, 3.8) is 0 Å². The van der Waals surface area contributed by atoms with Crippen molar-refractivity contribution in [1.29, 1.82) is 10.5 Å². The van der Waals surface area contributed by atoms with Gasteiger partial charge in [0, 0.05) is 0 Å². The molecule has 21 heavy (non-hydrogen) atoms. The van der Waals surface area contributed by atoms with E-state index in [0.29, 0.717) is 17.0 Å². The minimum Gasteiger partial charge on any atom is -0.337 e. The number of aromatic amines is 1. The fourth-order valence-corrected chi connectivity index (χ4v) is 2.05. The van der Waals surface area contributed by atoms with E-state index >= 15 is 0 Å². The van der Waals surface area contributed by atoms with Crippen LogP contribution in [0.5, 0.6) is 0 Å². The molecule has 0 radical (unpaired) electrons. The van der Waals surface area contributed by atoms with Crippen LogP contribution in [0.3, 0.4) is 0 Å². The maximum Gasteiger partial charge on any atom is 0.149 e. The lowest BCUT2D eigenvalue weighted by Gasteiger charge is -1.96. The zero-order valence-corrected chi connectivity index (χ0v) is 11.0. The summed E-state index contributed by atoms with van der Waals surface area (Å²) in [6.45, 7) is 0. The van der Waals surface area contributed by atoms with Gasteiger partial charge in [0.15, 0.2) is 0 Å². The van der Waals surface area contributed by atoms with Gasteiger partial charge in [-0.1, -0.05) is 24.3 Å². The highest BCUT2D eigenvalue weighted by molar-refractivity contribution is 5.90. The summed E-state index contributed by atoms with van der Waals surface area (Å²) in [5.74, 6) is 0.544. The molecule has 0 atom stereocenters. The lowest BCUT2D eigenvalue weighted by Crippen LogP contribution is -1.85. The van der Waals surface area contributed by atoms with Crippen molar-refractivity contribution in [2.24, 2.45) is 0 Å². The number of allylic oxidation sites excluding steroid dienone is 1. The largest absolute Gasteiger partial charge is 0.337 e. The molecule has 4 heteroatoms. The van der Waals surface area contributed by atoms with Gasteiger partial charge >= 0.3 is 0 Å². The van der Waals surface area contributed by atoms with E-state index in [4.69, 9.17) is 5.26 Å². The number of benzene rings is 2. The van der Waals surface area contributed by atoms with Crippen LogP contribution in [0.2, 0.25) is 0 Å². The van der Waals surface area contributed by atoms with Crippen molar-refractivity contribution in [1.82, 2.24) is 9.97 Å². The molecule has 2 aromatic carbocycles. The van der Waals surface area contributed by atoms with Crippen molar-refractivity contribution >= 4 is 22.7 Å². The van der Waals surface area contributed by atoms with Crippen LogP contribution in [-0.4, -0.2) is 9.97 Å². The summed E-state index contributed by atoms with van der Waals surface area (Å²) in [6.07, 6.45) is 1.75. The van der Waals surface area contributed by atoms with E-state index in [1.807, 2.05) is 24.3 Å². The second-order valence-corrected chi connectivity index (χ2v) is 4.51. The molecule has 0 saturated carbocycles. The molecule has 0 saturated heterocycles. The highest BCUT2D eigenvalue weighted by Crippen LogP contribution is 2.19. The molecule has 0 spiro atoms. The number of aromatic nitrogens is 2. The molecule has 1 N–H and O–H groups in total. The Morgan fingerprint density at radius 2 is 1.81 bits per heavy atom. The maximum absolute atomic E-state index is 9.34. The summed E-state index contributed by atoms with van der Waals surface area (Å²) in [5, 5.41) is 18.1. The lowest BCUT2D eigenvalue weighted by molar-refractivity contribution is 1.27. The van der Waals surface area contributed by atoms with Gasteiger partial charge in [0.25, 0.3) is 0 Å². The van der Waals surface area contributed by atoms with Crippen LogP contribution in [0, 0.1) is 22.7 Å². The summed E-state index contributed by atoms with van der Waals surface area (Å²) >= 11 is 0. The topological polar surface area (TPSA) is 76.3 Å². The van der Waals surface area contributed by atoms with Crippen molar-refractivity contribution in [3.8, 4) is 12.1 Å². The average molecular weight is 270 g/mol. The standard InChI is InChI=1S/C17H10N4/c18-10-13-7-5-12(6-8-13)9-14(11-19)17-20-15-3-1-2-4-16(15)21-17/h1-9H,(H,20,21)/b14-9+. The normalized spacial score (nSPS) is 11.0. The second-order valence-electron chi connectivity index (χ2n) is 4.51. The van der Waals surface area contributed by atoms with E-state index in [0.717, 1.165) is 16.6 Å². The summed E-state index contributed by atoms with van der Waals surface area (Å²) in [5.41, 5.74) is 3.62. The first kappa shape index (κ1) is 12.7. The third-order valence-corrected chi connectivity index (χ3v) is 3.12. The first-order valence-electron chi connectivity index (χ1n) is 6.37. The number of para-hydroxylation sites is 2. The Morgan fingerprint density at radius 1 is 1.05 bits per heavy atom. The molecular weight excluding hydrogens is 260 g/mol. The van der Waals surface area contributed by atoms with Gasteiger partial charge in [0.05, 0.1) is 28.2 Å². The first-order chi connectivity index (χ1) is 10.3. The molecule has 1 aromatic heterocycles. The van der Waals surface area contributed by atoms with E-state index in [2.05, 4.69) is 22.1 Å². The second kappa shape index (κ2) is 5.32. The minimum atomic E-state index is 0.455. The molecule has 1 heterocycles. The highest BCUT2D eigenvalue weighted by Gasteiger charge is 2.07. The molecule has 3 aromatic rings.